The van der Waals surface area contributed by atoms with Crippen molar-refractivity contribution in [3.63, 3.8) is 0 Å². The Hall–Kier alpha value is -1.16. The Morgan fingerprint density at radius 2 is 2.29 bits per heavy atom. The second kappa shape index (κ2) is 4.37. The first-order valence-electron chi connectivity index (χ1n) is 4.05. The lowest BCUT2D eigenvalue weighted by molar-refractivity contribution is -0.385. The Morgan fingerprint density at radius 3 is 2.79 bits per heavy atom. The highest BCUT2D eigenvalue weighted by molar-refractivity contribution is 9.09. The van der Waals surface area contributed by atoms with Crippen molar-refractivity contribution < 1.29 is 4.92 Å². The fourth-order valence-electron chi connectivity index (χ4n) is 1.10. The minimum Gasteiger partial charge on any atom is -0.258 e. The van der Waals surface area contributed by atoms with E-state index in [4.69, 9.17) is 0 Å². The zero-order chi connectivity index (χ0) is 10.7. The van der Waals surface area contributed by atoms with Crippen LogP contribution in [-0.2, 0) is 0 Å². The Bertz CT molecular complexity index is 388. The van der Waals surface area contributed by atoms with E-state index in [1.165, 1.54) is 0 Å². The maximum absolute atomic E-state index is 10.6. The first-order valence-corrected chi connectivity index (χ1v) is 5.17. The fraction of sp³-hybridized carbons (Fsp3) is 0.200. The first kappa shape index (κ1) is 10.9. The molecule has 0 saturated heterocycles. The van der Waals surface area contributed by atoms with Gasteiger partial charge in [0.25, 0.3) is 5.69 Å². The third-order valence-electron chi connectivity index (χ3n) is 1.98. The smallest absolute Gasteiger partial charge is 0.258 e. The zero-order valence-electron chi connectivity index (χ0n) is 7.79. The summed E-state index contributed by atoms with van der Waals surface area (Å²) in [5.74, 6) is 0. The number of hydrogen-bond donors (Lipinski definition) is 0. The molecule has 0 N–H and O–H groups in total. The predicted molar refractivity (Wildman–Crippen MR) is 60.7 cm³/mol. The molecule has 3 nitrogen and oxygen atoms in total. The van der Waals surface area contributed by atoms with Gasteiger partial charge in [0.05, 0.1) is 4.92 Å². The van der Waals surface area contributed by atoms with Gasteiger partial charge in [0.15, 0.2) is 0 Å². The van der Waals surface area contributed by atoms with Gasteiger partial charge in [-0.05, 0) is 18.1 Å². The minimum absolute atomic E-state index is 0.143. The summed E-state index contributed by atoms with van der Waals surface area (Å²) in [6.45, 7) is 5.53. The lowest BCUT2D eigenvalue weighted by Gasteiger charge is -2.03. The molecule has 1 aromatic carbocycles. The van der Waals surface area contributed by atoms with E-state index >= 15 is 0 Å². The number of nitrogens with zero attached hydrogens (tertiary/aromatic N) is 1. The zero-order valence-corrected chi connectivity index (χ0v) is 9.37. The summed E-state index contributed by atoms with van der Waals surface area (Å²) in [5.41, 5.74) is 2.46. The largest absolute Gasteiger partial charge is 0.272 e. The molecule has 0 aliphatic rings. The third-order valence-corrected chi connectivity index (χ3v) is 2.65. The number of benzene rings is 1. The second-order valence-corrected chi connectivity index (χ2v) is 3.56. The summed E-state index contributed by atoms with van der Waals surface area (Å²) < 4.78 is 0. The maximum Gasteiger partial charge on any atom is 0.272 e. The topological polar surface area (TPSA) is 43.1 Å². The minimum atomic E-state index is -0.375. The number of halogens is 1. The van der Waals surface area contributed by atoms with Gasteiger partial charge in [-0.1, -0.05) is 34.6 Å². The predicted octanol–water partition coefficient (Wildman–Crippen LogP) is 3.31. The van der Waals surface area contributed by atoms with Crippen LogP contribution in [0.2, 0.25) is 0 Å². The Labute approximate surface area is 90.7 Å². The van der Waals surface area contributed by atoms with Gasteiger partial charge in [-0.2, -0.15) is 0 Å². The van der Waals surface area contributed by atoms with Crippen LogP contribution in [0.1, 0.15) is 11.1 Å². The highest BCUT2D eigenvalue weighted by Gasteiger charge is 2.11. The standard InChI is InChI=1S/C10H10BrNO2/c1-7-3-4-9(8(2)6-11)5-10(7)12(13)14/h3-5H,2,6H2,1H3. The Kier molecular flexibility index (Phi) is 3.41. The summed E-state index contributed by atoms with van der Waals surface area (Å²) in [4.78, 5) is 10.3. The van der Waals surface area contributed by atoms with Gasteiger partial charge in [-0.25, -0.2) is 0 Å². The third kappa shape index (κ3) is 2.20. The summed E-state index contributed by atoms with van der Waals surface area (Å²) in [7, 11) is 0. The number of nitro benzene ring substituents is 1. The van der Waals surface area contributed by atoms with E-state index in [0.29, 0.717) is 10.9 Å². The fourth-order valence-corrected chi connectivity index (χ4v) is 1.43. The van der Waals surface area contributed by atoms with Crippen LogP contribution in [0.5, 0.6) is 0 Å². The monoisotopic (exact) mass is 255 g/mol. The number of nitro groups is 1. The molecule has 0 radical (unpaired) electrons. The van der Waals surface area contributed by atoms with Gasteiger partial charge in [-0.15, -0.1) is 0 Å². The van der Waals surface area contributed by atoms with Crippen molar-refractivity contribution in [2.24, 2.45) is 0 Å². The van der Waals surface area contributed by atoms with E-state index in [9.17, 15) is 10.1 Å². The summed E-state index contributed by atoms with van der Waals surface area (Å²) in [6.07, 6.45) is 0. The molecule has 0 saturated carbocycles. The van der Waals surface area contributed by atoms with Crippen molar-refractivity contribution in [2.75, 3.05) is 5.33 Å². The van der Waals surface area contributed by atoms with E-state index in [2.05, 4.69) is 22.5 Å². The molecule has 0 bridgehead atoms. The molecule has 0 aliphatic carbocycles. The molecule has 74 valence electrons. The van der Waals surface area contributed by atoms with Crippen LogP contribution in [0.4, 0.5) is 5.69 Å². The van der Waals surface area contributed by atoms with Crippen LogP contribution in [-0.4, -0.2) is 10.3 Å². The van der Waals surface area contributed by atoms with Crippen molar-refractivity contribution in [1.29, 1.82) is 0 Å². The average molecular weight is 256 g/mol. The highest BCUT2D eigenvalue weighted by atomic mass is 79.9. The lowest BCUT2D eigenvalue weighted by Crippen LogP contribution is -1.93. The molecule has 0 atom stereocenters. The molecule has 0 spiro atoms. The maximum atomic E-state index is 10.6. The van der Waals surface area contributed by atoms with Gasteiger partial charge in [0, 0.05) is 17.0 Å². The average Bonchev–Trinajstić information content (AvgIpc) is 2.17. The molecule has 14 heavy (non-hydrogen) atoms. The van der Waals surface area contributed by atoms with Crippen LogP contribution in [0, 0.1) is 17.0 Å². The highest BCUT2D eigenvalue weighted by Crippen LogP contribution is 2.23. The quantitative estimate of drug-likeness (QED) is 0.473. The van der Waals surface area contributed by atoms with Crippen molar-refractivity contribution in [1.82, 2.24) is 0 Å². The number of aryl methyl sites for hydroxylation is 1. The van der Waals surface area contributed by atoms with Gasteiger partial charge in [0.2, 0.25) is 0 Å². The molecule has 0 fully saturated rings. The molecule has 1 aromatic rings. The second-order valence-electron chi connectivity index (χ2n) is 3.00. The summed E-state index contributed by atoms with van der Waals surface area (Å²) >= 11 is 3.26. The molecule has 0 heterocycles. The molecule has 0 amide bonds. The van der Waals surface area contributed by atoms with Gasteiger partial charge in [0.1, 0.15) is 0 Å². The van der Waals surface area contributed by atoms with Crippen LogP contribution in [0.3, 0.4) is 0 Å². The van der Waals surface area contributed by atoms with Gasteiger partial charge >= 0.3 is 0 Å². The van der Waals surface area contributed by atoms with E-state index in [0.717, 1.165) is 11.1 Å². The van der Waals surface area contributed by atoms with Crippen molar-refractivity contribution >= 4 is 27.2 Å². The molecule has 4 heteroatoms. The van der Waals surface area contributed by atoms with Gasteiger partial charge < -0.3 is 0 Å². The summed E-state index contributed by atoms with van der Waals surface area (Å²) in [5, 5.41) is 11.3. The van der Waals surface area contributed by atoms with Crippen molar-refractivity contribution in [3.05, 3.63) is 46.0 Å². The molecule has 0 aliphatic heterocycles. The van der Waals surface area contributed by atoms with Crippen molar-refractivity contribution in [3.8, 4) is 0 Å². The van der Waals surface area contributed by atoms with E-state index in [-0.39, 0.29) is 10.6 Å². The van der Waals surface area contributed by atoms with E-state index in [1.807, 2.05) is 6.07 Å². The number of allylic oxidation sites excluding steroid dienone is 1. The molecular weight excluding hydrogens is 246 g/mol. The van der Waals surface area contributed by atoms with Crippen LogP contribution < -0.4 is 0 Å². The normalized spacial score (nSPS) is 9.86. The lowest BCUT2D eigenvalue weighted by atomic mass is 10.1. The van der Waals surface area contributed by atoms with E-state index < -0.39 is 0 Å². The van der Waals surface area contributed by atoms with E-state index in [1.54, 1.807) is 19.1 Å². The van der Waals surface area contributed by atoms with Crippen LogP contribution in [0.25, 0.3) is 5.57 Å². The van der Waals surface area contributed by atoms with Gasteiger partial charge in [-0.3, -0.25) is 10.1 Å². The number of hydrogen-bond acceptors (Lipinski definition) is 2. The number of rotatable bonds is 3. The summed E-state index contributed by atoms with van der Waals surface area (Å²) in [6, 6.07) is 5.13. The van der Waals surface area contributed by atoms with Crippen LogP contribution in [0.15, 0.2) is 24.8 Å². The molecule has 1 rings (SSSR count). The SMILES string of the molecule is C=C(CBr)c1ccc(C)c([N+](=O)[O-])c1. The Morgan fingerprint density at radius 1 is 1.64 bits per heavy atom. The molecule has 0 aromatic heterocycles. The van der Waals surface area contributed by atoms with Crippen LogP contribution >= 0.6 is 15.9 Å². The number of alkyl halides is 1. The Balaban J connectivity index is 3.19. The first-order chi connectivity index (χ1) is 6.56. The van der Waals surface area contributed by atoms with Crippen molar-refractivity contribution in [2.45, 2.75) is 6.92 Å². The molecule has 0 unspecified atom stereocenters. The molecular formula is C10H10BrNO2.